The maximum atomic E-state index is 11.7. The van der Waals surface area contributed by atoms with Gasteiger partial charge in [0.15, 0.2) is 0 Å². The van der Waals surface area contributed by atoms with Crippen LogP contribution in [0, 0.1) is 0 Å². The molecule has 2 heterocycles. The maximum Gasteiger partial charge on any atom is 0.328 e. The molecule has 0 unspecified atom stereocenters. The molecule has 1 aliphatic heterocycles. The van der Waals surface area contributed by atoms with Crippen LogP contribution in [0.2, 0.25) is 0 Å². The number of carbonyl (C=O) groups is 2. The minimum absolute atomic E-state index is 0.223. The average Bonchev–Trinajstić information content (AvgIpc) is 2.71. The summed E-state index contributed by atoms with van der Waals surface area (Å²) in [5, 5.41) is 7.44. The van der Waals surface area contributed by atoms with Gasteiger partial charge in [0.1, 0.15) is 0 Å². The summed E-state index contributed by atoms with van der Waals surface area (Å²) < 4.78 is 1.78. The highest BCUT2D eigenvalue weighted by Gasteiger charge is 2.24. The van der Waals surface area contributed by atoms with Gasteiger partial charge in [-0.25, -0.2) is 4.79 Å². The van der Waals surface area contributed by atoms with Gasteiger partial charge in [-0.05, 0) is 18.2 Å². The number of imide groups is 1. The van der Waals surface area contributed by atoms with Crippen LogP contribution < -0.4 is 10.2 Å². The first-order chi connectivity index (χ1) is 8.65. The number of fused-ring (bicyclic) bond motifs is 1. The third-order valence-corrected chi connectivity index (χ3v) is 3.10. The molecular weight excluding hydrogens is 232 g/mol. The summed E-state index contributed by atoms with van der Waals surface area (Å²) in [6.07, 6.45) is 2.09. The highest BCUT2D eigenvalue weighted by molar-refractivity contribution is 6.06. The summed E-state index contributed by atoms with van der Waals surface area (Å²) in [5.41, 5.74) is 1.78. The third kappa shape index (κ3) is 1.62. The van der Waals surface area contributed by atoms with Gasteiger partial charge in [-0.15, -0.1) is 0 Å². The lowest BCUT2D eigenvalue weighted by Gasteiger charge is -2.26. The summed E-state index contributed by atoms with van der Waals surface area (Å²) in [7, 11) is 1.87. The fraction of sp³-hybridized carbons (Fsp3) is 0.250. The van der Waals surface area contributed by atoms with Gasteiger partial charge in [-0.3, -0.25) is 19.7 Å². The van der Waals surface area contributed by atoms with Crippen molar-refractivity contribution in [3.8, 4) is 0 Å². The SMILES string of the molecule is Cn1ncc2cc(N3CCC(=O)NC3=O)ccc21. The van der Waals surface area contributed by atoms with E-state index in [4.69, 9.17) is 0 Å². The Morgan fingerprint density at radius 2 is 2.17 bits per heavy atom. The van der Waals surface area contributed by atoms with Crippen molar-refractivity contribution < 1.29 is 9.59 Å². The van der Waals surface area contributed by atoms with E-state index in [-0.39, 0.29) is 11.9 Å². The van der Waals surface area contributed by atoms with Gasteiger partial charge in [0.2, 0.25) is 5.91 Å². The van der Waals surface area contributed by atoms with Crippen LogP contribution in [-0.2, 0) is 11.8 Å². The van der Waals surface area contributed by atoms with Crippen molar-refractivity contribution in [1.29, 1.82) is 0 Å². The van der Waals surface area contributed by atoms with E-state index in [0.29, 0.717) is 13.0 Å². The molecule has 1 N–H and O–H groups in total. The first-order valence-corrected chi connectivity index (χ1v) is 5.68. The molecular formula is C12H12N4O2. The van der Waals surface area contributed by atoms with Crippen molar-refractivity contribution in [3.63, 3.8) is 0 Å². The molecule has 0 spiro atoms. The van der Waals surface area contributed by atoms with Crippen molar-refractivity contribution in [2.75, 3.05) is 11.4 Å². The number of benzene rings is 1. The molecule has 3 amide bonds. The average molecular weight is 244 g/mol. The van der Waals surface area contributed by atoms with E-state index >= 15 is 0 Å². The number of anilines is 1. The summed E-state index contributed by atoms with van der Waals surface area (Å²) in [4.78, 5) is 24.4. The number of carbonyl (C=O) groups excluding carboxylic acids is 2. The first kappa shape index (κ1) is 10.8. The van der Waals surface area contributed by atoms with Crippen LogP contribution >= 0.6 is 0 Å². The molecule has 1 saturated heterocycles. The largest absolute Gasteiger partial charge is 0.328 e. The second kappa shape index (κ2) is 3.83. The molecule has 0 saturated carbocycles. The number of aryl methyl sites for hydroxylation is 1. The number of rotatable bonds is 1. The fourth-order valence-electron chi connectivity index (χ4n) is 2.13. The molecule has 6 nitrogen and oxygen atoms in total. The molecule has 3 rings (SSSR count). The molecule has 0 radical (unpaired) electrons. The number of hydrogen-bond acceptors (Lipinski definition) is 3. The third-order valence-electron chi connectivity index (χ3n) is 3.10. The number of aromatic nitrogens is 2. The Kier molecular flexibility index (Phi) is 2.29. The van der Waals surface area contributed by atoms with Gasteiger partial charge >= 0.3 is 6.03 Å². The number of nitrogens with one attached hydrogen (secondary N) is 1. The van der Waals surface area contributed by atoms with Crippen LogP contribution in [0.25, 0.3) is 10.9 Å². The first-order valence-electron chi connectivity index (χ1n) is 5.68. The zero-order valence-electron chi connectivity index (χ0n) is 9.88. The highest BCUT2D eigenvalue weighted by Crippen LogP contribution is 2.23. The van der Waals surface area contributed by atoms with Crippen LogP contribution in [0.4, 0.5) is 10.5 Å². The number of urea groups is 1. The second-order valence-electron chi connectivity index (χ2n) is 4.27. The minimum atomic E-state index is -0.366. The van der Waals surface area contributed by atoms with Gasteiger partial charge in [0.25, 0.3) is 0 Å². The van der Waals surface area contributed by atoms with Crippen molar-refractivity contribution in [2.45, 2.75) is 6.42 Å². The number of amides is 3. The molecule has 0 atom stereocenters. The molecule has 1 aliphatic rings. The normalized spacial score (nSPS) is 16.2. The van der Waals surface area contributed by atoms with Crippen LogP contribution in [0.5, 0.6) is 0 Å². The fourth-order valence-corrected chi connectivity index (χ4v) is 2.13. The van der Waals surface area contributed by atoms with E-state index in [1.165, 1.54) is 0 Å². The lowest BCUT2D eigenvalue weighted by molar-refractivity contribution is -0.120. The van der Waals surface area contributed by atoms with Gasteiger partial charge in [-0.1, -0.05) is 0 Å². The zero-order valence-corrected chi connectivity index (χ0v) is 9.88. The quantitative estimate of drug-likeness (QED) is 0.814. The van der Waals surface area contributed by atoms with Crippen molar-refractivity contribution in [3.05, 3.63) is 24.4 Å². The lowest BCUT2D eigenvalue weighted by atomic mass is 10.2. The Morgan fingerprint density at radius 3 is 2.94 bits per heavy atom. The zero-order chi connectivity index (χ0) is 12.7. The Balaban J connectivity index is 1.99. The van der Waals surface area contributed by atoms with Crippen LogP contribution in [0.3, 0.4) is 0 Å². The minimum Gasteiger partial charge on any atom is -0.294 e. The van der Waals surface area contributed by atoms with E-state index < -0.39 is 0 Å². The van der Waals surface area contributed by atoms with E-state index in [9.17, 15) is 9.59 Å². The Labute approximate surface area is 103 Å². The maximum absolute atomic E-state index is 11.7. The molecule has 0 aliphatic carbocycles. The Hall–Kier alpha value is -2.37. The Bertz CT molecular complexity index is 647. The molecule has 1 aromatic heterocycles. The molecule has 18 heavy (non-hydrogen) atoms. The van der Waals surface area contributed by atoms with Gasteiger partial charge in [0.05, 0.1) is 11.7 Å². The van der Waals surface area contributed by atoms with Crippen molar-refractivity contribution >= 4 is 28.5 Å². The van der Waals surface area contributed by atoms with Gasteiger partial charge < -0.3 is 0 Å². The van der Waals surface area contributed by atoms with E-state index in [1.54, 1.807) is 15.8 Å². The molecule has 0 bridgehead atoms. The lowest BCUT2D eigenvalue weighted by Crippen LogP contribution is -2.49. The van der Waals surface area contributed by atoms with Crippen LogP contribution in [0.1, 0.15) is 6.42 Å². The van der Waals surface area contributed by atoms with E-state index in [1.807, 2.05) is 25.2 Å². The van der Waals surface area contributed by atoms with Crippen LogP contribution in [0.15, 0.2) is 24.4 Å². The molecule has 2 aromatic rings. The predicted molar refractivity (Wildman–Crippen MR) is 66.2 cm³/mol. The van der Waals surface area contributed by atoms with Crippen LogP contribution in [-0.4, -0.2) is 28.3 Å². The van der Waals surface area contributed by atoms with Gasteiger partial charge in [0, 0.05) is 31.1 Å². The monoisotopic (exact) mass is 244 g/mol. The predicted octanol–water partition coefficient (Wildman–Crippen LogP) is 1.02. The van der Waals surface area contributed by atoms with Crippen molar-refractivity contribution in [2.24, 2.45) is 7.05 Å². The number of hydrogen-bond donors (Lipinski definition) is 1. The molecule has 92 valence electrons. The van der Waals surface area contributed by atoms with Gasteiger partial charge in [-0.2, -0.15) is 5.10 Å². The van der Waals surface area contributed by atoms with E-state index in [0.717, 1.165) is 16.6 Å². The summed E-state index contributed by atoms with van der Waals surface area (Å²) >= 11 is 0. The van der Waals surface area contributed by atoms with E-state index in [2.05, 4.69) is 10.4 Å². The molecule has 1 aromatic carbocycles. The molecule has 6 heteroatoms. The summed E-state index contributed by atoms with van der Waals surface area (Å²) in [5.74, 6) is -0.223. The highest BCUT2D eigenvalue weighted by atomic mass is 16.2. The standard InChI is InChI=1S/C12H12N4O2/c1-15-10-3-2-9(6-8(10)7-13-15)16-5-4-11(17)14-12(16)18/h2-3,6-7H,4-5H2,1H3,(H,14,17,18). The number of nitrogens with zero attached hydrogens (tertiary/aromatic N) is 3. The second-order valence-corrected chi connectivity index (χ2v) is 4.27. The van der Waals surface area contributed by atoms with Crippen molar-refractivity contribution in [1.82, 2.24) is 15.1 Å². The Morgan fingerprint density at radius 1 is 1.33 bits per heavy atom. The topological polar surface area (TPSA) is 67.2 Å². The summed E-state index contributed by atoms with van der Waals surface area (Å²) in [6, 6.07) is 5.31. The smallest absolute Gasteiger partial charge is 0.294 e. The molecule has 1 fully saturated rings. The summed E-state index contributed by atoms with van der Waals surface area (Å²) in [6.45, 7) is 0.413.